The van der Waals surface area contributed by atoms with Crippen LogP contribution in [0.2, 0.25) is 0 Å². The normalized spacial score (nSPS) is 11.5. The van der Waals surface area contributed by atoms with Gasteiger partial charge in [-0.15, -0.1) is 0 Å². The van der Waals surface area contributed by atoms with Gasteiger partial charge in [-0.25, -0.2) is 8.78 Å². The zero-order chi connectivity index (χ0) is 37.7. The van der Waals surface area contributed by atoms with Gasteiger partial charge in [-0.05, 0) is 123 Å². The third kappa shape index (κ3) is 12.1. The number of aromatic nitrogens is 1. The molecule has 1 heterocycles. The third-order valence-corrected chi connectivity index (χ3v) is 8.59. The fourth-order valence-corrected chi connectivity index (χ4v) is 5.83. The Labute approximate surface area is 304 Å². The minimum atomic E-state index is -4.68. The first-order valence-electron chi connectivity index (χ1n) is 17.8. The quantitative estimate of drug-likeness (QED) is 0.0813. The second-order valence-electron chi connectivity index (χ2n) is 13.1. The Morgan fingerprint density at radius 3 is 2.31 bits per heavy atom. The van der Waals surface area contributed by atoms with Crippen molar-refractivity contribution in [3.05, 3.63) is 130 Å². The molecule has 5 nitrogen and oxygen atoms in total. The van der Waals surface area contributed by atoms with Crippen LogP contribution in [-0.4, -0.2) is 42.8 Å². The standard InChI is InChI=1S/C22H27FN2O.C20H23F4NO/c1-4-12-26-20-7-5-6-17(13-20)15-24(2)11-10-18-16-25(3)22-14-19(23)8-9-21(18)22;1-3-10-26-19-12-16(5-4-14(19)2)13-25-9-8-15-6-7-18(21)17(11-15)20(22,23)24/h5-9,13-14,16H,4,10-12,15H2,1-3H3;4-7,11-12,25H,3,8-10,13H2,1-2H3. The van der Waals surface area contributed by atoms with E-state index in [2.05, 4.69) is 42.5 Å². The molecule has 1 N–H and O–H groups in total. The molecule has 5 rings (SSSR count). The lowest BCUT2D eigenvalue weighted by atomic mass is 10.1. The van der Waals surface area contributed by atoms with Crippen molar-refractivity contribution < 1.29 is 31.4 Å². The molecule has 0 aliphatic heterocycles. The van der Waals surface area contributed by atoms with Crippen molar-refractivity contribution in [3.8, 4) is 11.5 Å². The van der Waals surface area contributed by atoms with E-state index >= 15 is 0 Å². The maximum absolute atomic E-state index is 13.5. The highest BCUT2D eigenvalue weighted by molar-refractivity contribution is 5.84. The van der Waals surface area contributed by atoms with Crippen molar-refractivity contribution in [1.29, 1.82) is 0 Å². The number of hydrogen-bond donors (Lipinski definition) is 1. The monoisotopic (exact) mass is 723 g/mol. The molecule has 0 aliphatic carbocycles. The maximum Gasteiger partial charge on any atom is 0.419 e. The van der Waals surface area contributed by atoms with Crippen LogP contribution in [0.3, 0.4) is 0 Å². The molecule has 0 radical (unpaired) electrons. The molecular formula is C42H50F5N3O2. The number of nitrogens with one attached hydrogen (secondary N) is 1. The molecule has 0 bridgehead atoms. The minimum Gasteiger partial charge on any atom is -0.494 e. The molecule has 1 aromatic heterocycles. The predicted octanol–water partition coefficient (Wildman–Crippen LogP) is 10.1. The summed E-state index contributed by atoms with van der Waals surface area (Å²) in [4.78, 5) is 2.31. The lowest BCUT2D eigenvalue weighted by Crippen LogP contribution is -2.20. The van der Waals surface area contributed by atoms with E-state index in [-0.39, 0.29) is 5.82 Å². The van der Waals surface area contributed by atoms with Crippen molar-refractivity contribution in [3.63, 3.8) is 0 Å². The molecule has 0 saturated heterocycles. The molecule has 4 aromatic carbocycles. The first-order chi connectivity index (χ1) is 24.9. The number of aryl methyl sites for hydroxylation is 2. The largest absolute Gasteiger partial charge is 0.494 e. The summed E-state index contributed by atoms with van der Waals surface area (Å²) in [6.45, 7) is 10.4. The van der Waals surface area contributed by atoms with Gasteiger partial charge in [0.2, 0.25) is 0 Å². The summed E-state index contributed by atoms with van der Waals surface area (Å²) in [6, 6.07) is 22.4. The summed E-state index contributed by atoms with van der Waals surface area (Å²) in [5.41, 5.74) is 4.79. The Morgan fingerprint density at radius 2 is 1.56 bits per heavy atom. The highest BCUT2D eigenvalue weighted by atomic mass is 19.4. The molecular weight excluding hydrogens is 673 g/mol. The molecule has 0 fully saturated rings. The van der Waals surface area contributed by atoms with E-state index in [0.717, 1.165) is 84.6 Å². The second-order valence-corrected chi connectivity index (χ2v) is 13.1. The number of ether oxygens (including phenoxy) is 2. The molecule has 280 valence electrons. The molecule has 0 amide bonds. The molecule has 52 heavy (non-hydrogen) atoms. The summed E-state index contributed by atoms with van der Waals surface area (Å²) < 4.78 is 78.3. The fourth-order valence-electron chi connectivity index (χ4n) is 5.83. The van der Waals surface area contributed by atoms with Crippen molar-refractivity contribution in [2.24, 2.45) is 7.05 Å². The van der Waals surface area contributed by atoms with E-state index in [0.29, 0.717) is 31.7 Å². The second kappa shape index (κ2) is 19.4. The number of benzene rings is 4. The van der Waals surface area contributed by atoms with E-state index < -0.39 is 17.6 Å². The van der Waals surface area contributed by atoms with Gasteiger partial charge in [0, 0.05) is 38.3 Å². The molecule has 0 saturated carbocycles. The van der Waals surface area contributed by atoms with Gasteiger partial charge in [0.25, 0.3) is 0 Å². The molecule has 0 unspecified atom stereocenters. The summed E-state index contributed by atoms with van der Waals surface area (Å²) in [5.74, 6) is 0.356. The molecule has 0 aliphatic rings. The van der Waals surface area contributed by atoms with Crippen molar-refractivity contribution in [1.82, 2.24) is 14.8 Å². The van der Waals surface area contributed by atoms with Crippen LogP contribution >= 0.6 is 0 Å². The highest BCUT2D eigenvalue weighted by Gasteiger charge is 2.34. The topological polar surface area (TPSA) is 38.7 Å². The van der Waals surface area contributed by atoms with E-state index in [1.165, 1.54) is 23.3 Å². The van der Waals surface area contributed by atoms with Gasteiger partial charge in [-0.2, -0.15) is 13.2 Å². The number of nitrogens with zero attached hydrogens (tertiary/aromatic N) is 2. The number of hydrogen-bond acceptors (Lipinski definition) is 4. The Balaban J connectivity index is 0.000000233. The average Bonchev–Trinajstić information content (AvgIpc) is 3.42. The maximum atomic E-state index is 13.5. The number of fused-ring (bicyclic) bond motifs is 1. The van der Waals surface area contributed by atoms with Crippen LogP contribution in [0.4, 0.5) is 22.0 Å². The molecule has 0 spiro atoms. The number of rotatable bonds is 16. The van der Waals surface area contributed by atoms with Crippen LogP contribution in [0.15, 0.2) is 85.1 Å². The van der Waals surface area contributed by atoms with Gasteiger partial charge in [-0.3, -0.25) is 0 Å². The van der Waals surface area contributed by atoms with Gasteiger partial charge in [0.1, 0.15) is 23.1 Å². The van der Waals surface area contributed by atoms with Crippen molar-refractivity contribution in [2.75, 3.05) is 33.4 Å². The summed E-state index contributed by atoms with van der Waals surface area (Å²) >= 11 is 0. The fraction of sp³-hybridized carbons (Fsp3) is 0.381. The summed E-state index contributed by atoms with van der Waals surface area (Å²) in [6.07, 6.45) is 0.694. The average molecular weight is 724 g/mol. The van der Waals surface area contributed by atoms with Crippen molar-refractivity contribution in [2.45, 2.75) is 65.7 Å². The Bertz CT molecular complexity index is 1870. The predicted molar refractivity (Wildman–Crippen MR) is 199 cm³/mol. The number of halogens is 5. The van der Waals surface area contributed by atoms with E-state index in [1.807, 2.05) is 61.9 Å². The van der Waals surface area contributed by atoms with Crippen LogP contribution in [0, 0.1) is 18.6 Å². The highest BCUT2D eigenvalue weighted by Crippen LogP contribution is 2.32. The number of alkyl halides is 3. The minimum absolute atomic E-state index is 0.187. The van der Waals surface area contributed by atoms with Crippen LogP contribution in [0.25, 0.3) is 10.9 Å². The lowest BCUT2D eigenvalue weighted by Gasteiger charge is -2.17. The van der Waals surface area contributed by atoms with E-state index in [9.17, 15) is 22.0 Å². The van der Waals surface area contributed by atoms with Gasteiger partial charge < -0.3 is 24.3 Å². The van der Waals surface area contributed by atoms with Gasteiger partial charge in [0.05, 0.1) is 24.3 Å². The zero-order valence-electron chi connectivity index (χ0n) is 30.8. The van der Waals surface area contributed by atoms with Crippen LogP contribution in [-0.2, 0) is 39.2 Å². The Kier molecular flexibility index (Phi) is 15.1. The van der Waals surface area contributed by atoms with E-state index in [4.69, 9.17) is 9.47 Å². The van der Waals surface area contributed by atoms with Crippen LogP contribution in [0.1, 0.15) is 60.1 Å². The Hall–Kier alpha value is -4.41. The lowest BCUT2D eigenvalue weighted by molar-refractivity contribution is -0.140. The van der Waals surface area contributed by atoms with Crippen molar-refractivity contribution >= 4 is 10.9 Å². The third-order valence-electron chi connectivity index (χ3n) is 8.59. The van der Waals surface area contributed by atoms with Gasteiger partial charge >= 0.3 is 6.18 Å². The van der Waals surface area contributed by atoms with Gasteiger partial charge in [0.15, 0.2) is 0 Å². The molecule has 0 atom stereocenters. The van der Waals surface area contributed by atoms with Crippen LogP contribution in [0.5, 0.6) is 11.5 Å². The zero-order valence-corrected chi connectivity index (χ0v) is 30.8. The smallest absolute Gasteiger partial charge is 0.419 e. The summed E-state index contributed by atoms with van der Waals surface area (Å²) in [5, 5.41) is 4.33. The molecule has 5 aromatic rings. The SMILES string of the molecule is CCCOc1cc(CNCCc2ccc(F)c(C(F)(F)F)c2)ccc1C.CCCOc1cccc(CN(C)CCc2cn(C)c3cc(F)ccc23)c1. The Morgan fingerprint density at radius 1 is 0.808 bits per heavy atom. The van der Waals surface area contributed by atoms with E-state index in [1.54, 1.807) is 6.07 Å². The summed E-state index contributed by atoms with van der Waals surface area (Å²) in [7, 11) is 4.10. The first kappa shape index (κ1) is 40.4. The van der Waals surface area contributed by atoms with Gasteiger partial charge in [-0.1, -0.05) is 44.2 Å². The first-order valence-corrected chi connectivity index (χ1v) is 17.8. The number of likely N-dealkylation sites (N-methyl/N-ethyl adjacent to an activating group) is 1. The van der Waals surface area contributed by atoms with Crippen LogP contribution < -0.4 is 14.8 Å². The molecule has 10 heteroatoms.